The van der Waals surface area contributed by atoms with Gasteiger partial charge in [-0.15, -0.1) is 0 Å². The molecule has 0 saturated carbocycles. The van der Waals surface area contributed by atoms with E-state index in [-0.39, 0.29) is 5.56 Å². The third-order valence-corrected chi connectivity index (χ3v) is 4.88. The van der Waals surface area contributed by atoms with E-state index < -0.39 is 0 Å². The Morgan fingerprint density at radius 1 is 1.12 bits per heavy atom. The summed E-state index contributed by atoms with van der Waals surface area (Å²) < 4.78 is 1.46. The van der Waals surface area contributed by atoms with E-state index in [1.165, 1.54) is 4.68 Å². The Bertz CT molecular complexity index is 1110. The van der Waals surface area contributed by atoms with Crippen molar-refractivity contribution in [3.05, 3.63) is 79.7 Å². The number of aliphatic imine (C=N–C) groups is 1. The Balaban J connectivity index is 1.82. The largest absolute Gasteiger partial charge is 0.295 e. The molecule has 0 spiro atoms. The Morgan fingerprint density at radius 2 is 1.92 bits per heavy atom. The van der Waals surface area contributed by atoms with Crippen LogP contribution in [0.15, 0.2) is 52.3 Å². The number of para-hydroxylation sites is 1. The number of allylic oxidation sites excluding steroid dienone is 1. The van der Waals surface area contributed by atoms with E-state index in [0.717, 1.165) is 22.5 Å². The minimum Gasteiger partial charge on any atom is -0.295 e. The number of hydrogen-bond acceptors (Lipinski definition) is 2. The van der Waals surface area contributed by atoms with Gasteiger partial charge in [0.2, 0.25) is 0 Å². The molecule has 2 heterocycles. The summed E-state index contributed by atoms with van der Waals surface area (Å²) in [5.41, 5.74) is 4.67. The van der Waals surface area contributed by atoms with Crippen molar-refractivity contribution in [2.45, 2.75) is 6.92 Å². The molecule has 124 valence electrons. The zero-order chi connectivity index (χ0) is 17.6. The van der Waals surface area contributed by atoms with Gasteiger partial charge in [0.25, 0.3) is 5.56 Å². The molecule has 0 aliphatic carbocycles. The molecule has 4 rings (SSSR count). The van der Waals surface area contributed by atoms with Crippen LogP contribution in [0.5, 0.6) is 0 Å². The number of halogens is 2. The number of fused-ring (bicyclic) bond motifs is 1. The molecule has 0 unspecified atom stereocenters. The van der Waals surface area contributed by atoms with Gasteiger partial charge in [-0.2, -0.15) is 0 Å². The average molecular weight is 370 g/mol. The summed E-state index contributed by atoms with van der Waals surface area (Å²) in [5.74, 6) is 0. The van der Waals surface area contributed by atoms with E-state index >= 15 is 0 Å². The van der Waals surface area contributed by atoms with Crippen LogP contribution in [0.1, 0.15) is 16.8 Å². The fourth-order valence-electron chi connectivity index (χ4n) is 2.84. The molecular weight excluding hydrogens is 357 g/mol. The van der Waals surface area contributed by atoms with E-state index in [1.54, 1.807) is 24.4 Å². The second kappa shape index (κ2) is 6.06. The van der Waals surface area contributed by atoms with Crippen molar-refractivity contribution >= 4 is 46.8 Å². The van der Waals surface area contributed by atoms with Gasteiger partial charge in [0.05, 0.1) is 27.0 Å². The van der Waals surface area contributed by atoms with Crippen LogP contribution in [-0.2, 0) is 0 Å². The fraction of sp³-hybridized carbons (Fsp3) is 0.0526. The number of aromatic nitrogens is 2. The predicted molar refractivity (Wildman–Crippen MR) is 104 cm³/mol. The number of benzene rings is 2. The summed E-state index contributed by atoms with van der Waals surface area (Å²) in [6.07, 6.45) is 3.64. The molecule has 0 atom stereocenters. The second-order valence-corrected chi connectivity index (χ2v) is 6.58. The van der Waals surface area contributed by atoms with Crippen LogP contribution in [0.4, 0.5) is 5.69 Å². The summed E-state index contributed by atoms with van der Waals surface area (Å²) in [6.45, 7) is 1.86. The van der Waals surface area contributed by atoms with E-state index in [4.69, 9.17) is 23.2 Å². The first-order valence-electron chi connectivity index (χ1n) is 7.67. The third kappa shape index (κ3) is 2.73. The molecule has 4 nitrogen and oxygen atoms in total. The van der Waals surface area contributed by atoms with Gasteiger partial charge < -0.3 is 0 Å². The van der Waals surface area contributed by atoms with Crippen molar-refractivity contribution in [1.29, 1.82) is 0 Å². The van der Waals surface area contributed by atoms with Crippen molar-refractivity contribution in [2.75, 3.05) is 0 Å². The Morgan fingerprint density at radius 3 is 2.72 bits per heavy atom. The maximum Gasteiger partial charge on any atom is 0.278 e. The minimum atomic E-state index is -0.152. The van der Waals surface area contributed by atoms with Crippen LogP contribution in [0, 0.1) is 6.92 Å². The van der Waals surface area contributed by atoms with Gasteiger partial charge in [0.1, 0.15) is 0 Å². The maximum atomic E-state index is 12.9. The molecule has 1 aliphatic heterocycles. The molecule has 0 saturated heterocycles. The lowest BCUT2D eigenvalue weighted by molar-refractivity contribution is 0.835. The molecule has 1 N–H and O–H groups in total. The number of hydrogen-bond donors (Lipinski definition) is 1. The normalized spacial score (nSPS) is 14.3. The van der Waals surface area contributed by atoms with Crippen LogP contribution in [0.2, 0.25) is 10.0 Å². The smallest absolute Gasteiger partial charge is 0.278 e. The van der Waals surface area contributed by atoms with Crippen molar-refractivity contribution < 1.29 is 0 Å². The number of nitrogens with one attached hydrogen (secondary N) is 1. The molecular formula is C19H13Cl2N3O. The molecule has 0 bridgehead atoms. The third-order valence-electron chi connectivity index (χ3n) is 4.14. The number of aromatic amines is 1. The zero-order valence-corrected chi connectivity index (χ0v) is 14.8. The van der Waals surface area contributed by atoms with Crippen molar-refractivity contribution in [3.8, 4) is 5.69 Å². The van der Waals surface area contributed by atoms with E-state index in [9.17, 15) is 4.79 Å². The van der Waals surface area contributed by atoms with E-state index in [1.807, 2.05) is 37.3 Å². The highest BCUT2D eigenvalue weighted by Crippen LogP contribution is 2.32. The Kier molecular flexibility index (Phi) is 3.86. The molecule has 3 aromatic rings. The molecule has 0 radical (unpaired) electrons. The van der Waals surface area contributed by atoms with Gasteiger partial charge in [-0.1, -0.05) is 41.4 Å². The first-order valence-corrected chi connectivity index (χ1v) is 8.42. The Hall–Kier alpha value is -2.56. The van der Waals surface area contributed by atoms with Gasteiger partial charge in [-0.05, 0) is 37.3 Å². The number of H-pyrrole nitrogens is 1. The lowest BCUT2D eigenvalue weighted by Crippen LogP contribution is -2.16. The highest BCUT2D eigenvalue weighted by molar-refractivity contribution is 6.42. The van der Waals surface area contributed by atoms with Gasteiger partial charge in [-0.3, -0.25) is 14.9 Å². The second-order valence-electron chi connectivity index (χ2n) is 5.76. The van der Waals surface area contributed by atoms with Crippen molar-refractivity contribution in [1.82, 2.24) is 9.78 Å². The summed E-state index contributed by atoms with van der Waals surface area (Å²) >= 11 is 12.0. The fourth-order valence-corrected chi connectivity index (χ4v) is 3.14. The number of rotatable bonds is 2. The topological polar surface area (TPSA) is 50.1 Å². The van der Waals surface area contributed by atoms with Crippen LogP contribution in [-0.4, -0.2) is 16.0 Å². The monoisotopic (exact) mass is 369 g/mol. The maximum absolute atomic E-state index is 12.9. The quantitative estimate of drug-likeness (QED) is 0.675. The van der Waals surface area contributed by atoms with E-state index in [0.29, 0.717) is 21.3 Å². The first kappa shape index (κ1) is 15.9. The minimum absolute atomic E-state index is 0.152. The van der Waals surface area contributed by atoms with Crippen LogP contribution < -0.4 is 5.56 Å². The molecule has 1 aliphatic rings. The van der Waals surface area contributed by atoms with Crippen LogP contribution in [0.3, 0.4) is 0 Å². The van der Waals surface area contributed by atoms with E-state index in [2.05, 4.69) is 10.1 Å². The molecule has 6 heteroatoms. The highest BCUT2D eigenvalue weighted by atomic mass is 35.5. The van der Waals surface area contributed by atoms with Crippen LogP contribution in [0.25, 0.3) is 17.3 Å². The molecule has 1 aromatic heterocycles. The molecule has 0 amide bonds. The van der Waals surface area contributed by atoms with Gasteiger partial charge >= 0.3 is 0 Å². The lowest BCUT2D eigenvalue weighted by Gasteiger charge is -2.03. The first-order chi connectivity index (χ1) is 12.0. The standard InChI is InChI=1S/C19H13Cl2N3O/c1-11-15(8-12-10-22-18-5-3-2-4-14(12)18)19(25)24(23-11)13-6-7-16(20)17(21)9-13/h2-10,23H,1H3/b12-8+. The zero-order valence-electron chi connectivity index (χ0n) is 13.3. The lowest BCUT2D eigenvalue weighted by atomic mass is 10.0. The van der Waals surface area contributed by atoms with Crippen LogP contribution >= 0.6 is 23.2 Å². The summed E-state index contributed by atoms with van der Waals surface area (Å²) in [4.78, 5) is 17.2. The summed E-state index contributed by atoms with van der Waals surface area (Å²) in [7, 11) is 0. The van der Waals surface area contributed by atoms with Gasteiger partial charge in [-0.25, -0.2) is 4.68 Å². The average Bonchev–Trinajstić information content (AvgIpc) is 3.14. The molecule has 25 heavy (non-hydrogen) atoms. The number of aryl methyl sites for hydroxylation is 1. The van der Waals surface area contributed by atoms with Crippen molar-refractivity contribution in [2.24, 2.45) is 4.99 Å². The highest BCUT2D eigenvalue weighted by Gasteiger charge is 2.16. The molecule has 0 fully saturated rings. The SMILES string of the molecule is Cc1[nH]n(-c2ccc(Cl)c(Cl)c2)c(=O)c1/C=C1\C=Nc2ccccc21. The van der Waals surface area contributed by atoms with Gasteiger partial charge in [0.15, 0.2) is 0 Å². The predicted octanol–water partition coefficient (Wildman–Crippen LogP) is 5.04. The molecule has 2 aromatic carbocycles. The van der Waals surface area contributed by atoms with Crippen molar-refractivity contribution in [3.63, 3.8) is 0 Å². The number of nitrogens with zero attached hydrogens (tertiary/aromatic N) is 2. The Labute approximate surface area is 154 Å². The summed E-state index contributed by atoms with van der Waals surface area (Å²) in [5, 5.41) is 3.93. The van der Waals surface area contributed by atoms with Gasteiger partial charge in [0, 0.05) is 23.0 Å². The summed E-state index contributed by atoms with van der Waals surface area (Å²) in [6, 6.07) is 12.9.